The molecule has 1 aliphatic carbocycles. The standard InChI is InChI=1S/C13H14ClN3O/c14-10-1-4-12-9(7-10)8-15-17(12)6-5-13(18)16-11-2-3-11/h1,4,7-8,11H,2-3,5-6H2,(H,16,18). The third-order valence-corrected chi connectivity index (χ3v) is 3.33. The number of aryl methyl sites for hydroxylation is 1. The minimum Gasteiger partial charge on any atom is -0.353 e. The number of nitrogens with one attached hydrogen (secondary N) is 1. The number of aromatic nitrogens is 2. The van der Waals surface area contributed by atoms with Crippen LogP contribution in [-0.2, 0) is 11.3 Å². The number of carbonyl (C=O) groups is 1. The average molecular weight is 264 g/mol. The first kappa shape index (κ1) is 11.5. The number of hydrogen-bond acceptors (Lipinski definition) is 2. The number of halogens is 1. The second-order valence-electron chi connectivity index (χ2n) is 4.66. The van der Waals surface area contributed by atoms with Gasteiger partial charge >= 0.3 is 0 Å². The fourth-order valence-corrected chi connectivity index (χ4v) is 2.15. The number of nitrogens with zero attached hydrogens (tertiary/aromatic N) is 2. The Morgan fingerprint density at radius 1 is 1.50 bits per heavy atom. The van der Waals surface area contributed by atoms with Crippen LogP contribution < -0.4 is 5.32 Å². The summed E-state index contributed by atoms with van der Waals surface area (Å²) in [5.41, 5.74) is 1.01. The minimum absolute atomic E-state index is 0.107. The number of carbonyl (C=O) groups excluding carboxylic acids is 1. The monoisotopic (exact) mass is 263 g/mol. The predicted molar refractivity (Wildman–Crippen MR) is 70.5 cm³/mol. The van der Waals surface area contributed by atoms with Gasteiger partial charge in [-0.25, -0.2) is 0 Å². The SMILES string of the molecule is O=C(CCn1ncc2cc(Cl)ccc21)NC1CC1. The van der Waals surface area contributed by atoms with Crippen molar-refractivity contribution in [3.05, 3.63) is 29.4 Å². The molecule has 3 rings (SSSR count). The highest BCUT2D eigenvalue weighted by Gasteiger charge is 2.22. The lowest BCUT2D eigenvalue weighted by Gasteiger charge is -2.04. The van der Waals surface area contributed by atoms with Crippen molar-refractivity contribution in [1.82, 2.24) is 15.1 Å². The fourth-order valence-electron chi connectivity index (χ4n) is 1.97. The summed E-state index contributed by atoms with van der Waals surface area (Å²) >= 11 is 5.92. The summed E-state index contributed by atoms with van der Waals surface area (Å²) in [6.07, 6.45) is 4.49. The van der Waals surface area contributed by atoms with Crippen molar-refractivity contribution in [2.75, 3.05) is 0 Å². The van der Waals surface area contributed by atoms with E-state index in [1.165, 1.54) is 0 Å². The molecule has 0 unspecified atom stereocenters. The van der Waals surface area contributed by atoms with Crippen molar-refractivity contribution >= 4 is 28.4 Å². The summed E-state index contributed by atoms with van der Waals surface area (Å²) in [4.78, 5) is 11.6. The number of rotatable bonds is 4. The van der Waals surface area contributed by atoms with E-state index in [-0.39, 0.29) is 5.91 Å². The molecule has 1 aromatic heterocycles. The topological polar surface area (TPSA) is 46.9 Å². The highest BCUT2D eigenvalue weighted by molar-refractivity contribution is 6.31. The van der Waals surface area contributed by atoms with Gasteiger partial charge in [-0.05, 0) is 31.0 Å². The molecule has 0 bridgehead atoms. The highest BCUT2D eigenvalue weighted by atomic mass is 35.5. The van der Waals surface area contributed by atoms with E-state index in [4.69, 9.17) is 11.6 Å². The number of benzene rings is 1. The Kier molecular flexibility index (Phi) is 2.96. The van der Waals surface area contributed by atoms with Gasteiger partial charge in [0.15, 0.2) is 0 Å². The summed E-state index contributed by atoms with van der Waals surface area (Å²) in [6.45, 7) is 0.601. The van der Waals surface area contributed by atoms with Crippen LogP contribution in [0, 0.1) is 0 Å². The van der Waals surface area contributed by atoms with Gasteiger partial charge < -0.3 is 5.32 Å². The normalized spacial score (nSPS) is 14.9. The smallest absolute Gasteiger partial charge is 0.222 e. The molecule has 1 fully saturated rings. The number of hydrogen-bond donors (Lipinski definition) is 1. The zero-order valence-corrected chi connectivity index (χ0v) is 10.7. The molecular formula is C13H14ClN3O. The fraction of sp³-hybridized carbons (Fsp3) is 0.385. The van der Waals surface area contributed by atoms with Crippen LogP contribution >= 0.6 is 11.6 Å². The molecule has 1 aliphatic rings. The van der Waals surface area contributed by atoms with Crippen LogP contribution in [0.4, 0.5) is 0 Å². The maximum absolute atomic E-state index is 11.6. The van der Waals surface area contributed by atoms with Crippen LogP contribution in [0.5, 0.6) is 0 Å². The number of amides is 1. The quantitative estimate of drug-likeness (QED) is 0.921. The second kappa shape index (κ2) is 4.61. The molecule has 1 saturated carbocycles. The van der Waals surface area contributed by atoms with Crippen molar-refractivity contribution in [3.63, 3.8) is 0 Å². The molecule has 5 heteroatoms. The molecule has 1 aromatic carbocycles. The van der Waals surface area contributed by atoms with Crippen molar-refractivity contribution in [2.24, 2.45) is 0 Å². The van der Waals surface area contributed by atoms with Gasteiger partial charge in [0, 0.05) is 22.9 Å². The highest BCUT2D eigenvalue weighted by Crippen LogP contribution is 2.20. The lowest BCUT2D eigenvalue weighted by atomic mass is 10.2. The Bertz CT molecular complexity index is 589. The van der Waals surface area contributed by atoms with E-state index in [1.807, 2.05) is 22.9 Å². The molecule has 2 aromatic rings. The molecule has 0 atom stereocenters. The maximum atomic E-state index is 11.6. The van der Waals surface area contributed by atoms with Crippen LogP contribution in [0.2, 0.25) is 5.02 Å². The van der Waals surface area contributed by atoms with E-state index in [1.54, 1.807) is 6.20 Å². The zero-order valence-electron chi connectivity index (χ0n) is 9.90. The minimum atomic E-state index is 0.107. The third kappa shape index (κ3) is 2.48. The predicted octanol–water partition coefficient (Wildman–Crippen LogP) is 2.36. The van der Waals surface area contributed by atoms with Gasteiger partial charge in [-0.2, -0.15) is 5.10 Å². The summed E-state index contributed by atoms with van der Waals surface area (Å²) in [6, 6.07) is 6.08. The van der Waals surface area contributed by atoms with Crippen LogP contribution in [-0.4, -0.2) is 21.7 Å². The maximum Gasteiger partial charge on any atom is 0.222 e. The summed E-state index contributed by atoms with van der Waals surface area (Å²) < 4.78 is 1.85. The lowest BCUT2D eigenvalue weighted by Crippen LogP contribution is -2.26. The Morgan fingerprint density at radius 2 is 2.33 bits per heavy atom. The first-order chi connectivity index (χ1) is 8.72. The van der Waals surface area contributed by atoms with E-state index in [0.29, 0.717) is 24.0 Å². The van der Waals surface area contributed by atoms with Crippen molar-refractivity contribution < 1.29 is 4.79 Å². The Morgan fingerprint density at radius 3 is 3.11 bits per heavy atom. The van der Waals surface area contributed by atoms with E-state index in [9.17, 15) is 4.79 Å². The number of fused-ring (bicyclic) bond motifs is 1. The molecule has 0 saturated heterocycles. The Labute approximate surface area is 110 Å². The van der Waals surface area contributed by atoms with Gasteiger partial charge in [-0.15, -0.1) is 0 Å². The van der Waals surface area contributed by atoms with Crippen molar-refractivity contribution in [2.45, 2.75) is 31.8 Å². The Balaban J connectivity index is 1.68. The molecule has 4 nitrogen and oxygen atoms in total. The van der Waals surface area contributed by atoms with Crippen LogP contribution in [0.3, 0.4) is 0 Å². The molecule has 94 valence electrons. The van der Waals surface area contributed by atoms with E-state index < -0.39 is 0 Å². The van der Waals surface area contributed by atoms with Crippen molar-refractivity contribution in [1.29, 1.82) is 0 Å². The van der Waals surface area contributed by atoms with Gasteiger partial charge in [0.2, 0.25) is 5.91 Å². The molecule has 0 spiro atoms. The third-order valence-electron chi connectivity index (χ3n) is 3.10. The van der Waals surface area contributed by atoms with Crippen molar-refractivity contribution in [3.8, 4) is 0 Å². The lowest BCUT2D eigenvalue weighted by molar-refractivity contribution is -0.121. The van der Waals surface area contributed by atoms with Gasteiger partial charge in [0.1, 0.15) is 0 Å². The zero-order chi connectivity index (χ0) is 12.5. The average Bonchev–Trinajstić information content (AvgIpc) is 3.06. The molecule has 0 radical (unpaired) electrons. The molecule has 18 heavy (non-hydrogen) atoms. The summed E-state index contributed by atoms with van der Waals surface area (Å²) in [7, 11) is 0. The first-order valence-electron chi connectivity index (χ1n) is 6.13. The van der Waals surface area contributed by atoms with E-state index >= 15 is 0 Å². The van der Waals surface area contributed by atoms with E-state index in [2.05, 4.69) is 10.4 Å². The van der Waals surface area contributed by atoms with Gasteiger partial charge in [-0.3, -0.25) is 9.48 Å². The van der Waals surface area contributed by atoms with Gasteiger partial charge in [-0.1, -0.05) is 11.6 Å². The molecular weight excluding hydrogens is 250 g/mol. The first-order valence-corrected chi connectivity index (χ1v) is 6.50. The van der Waals surface area contributed by atoms with Crippen LogP contribution in [0.25, 0.3) is 10.9 Å². The largest absolute Gasteiger partial charge is 0.353 e. The summed E-state index contributed by atoms with van der Waals surface area (Å²) in [5.74, 6) is 0.107. The van der Waals surface area contributed by atoms with E-state index in [0.717, 1.165) is 23.7 Å². The molecule has 1 amide bonds. The molecule has 0 aliphatic heterocycles. The van der Waals surface area contributed by atoms with Gasteiger partial charge in [0.05, 0.1) is 18.3 Å². The second-order valence-corrected chi connectivity index (χ2v) is 5.10. The van der Waals surface area contributed by atoms with Crippen LogP contribution in [0.1, 0.15) is 19.3 Å². The molecule has 1 heterocycles. The van der Waals surface area contributed by atoms with Gasteiger partial charge in [0.25, 0.3) is 0 Å². The molecule has 1 N–H and O–H groups in total. The van der Waals surface area contributed by atoms with Crippen LogP contribution in [0.15, 0.2) is 24.4 Å². The Hall–Kier alpha value is -1.55. The summed E-state index contributed by atoms with van der Waals surface area (Å²) in [5, 5.41) is 8.96.